The Morgan fingerprint density at radius 2 is 1.68 bits per heavy atom. The average Bonchev–Trinajstić information content (AvgIpc) is 2.81. The first-order valence-electron chi connectivity index (χ1n) is 10.8. The second kappa shape index (κ2) is 11.2. The number of sulfonamides is 1. The number of ether oxygens (including phenoxy) is 1. The van der Waals surface area contributed by atoms with Crippen LogP contribution in [0.5, 0.6) is 5.75 Å². The largest absolute Gasteiger partial charge is 0.494 e. The molecule has 0 aromatic heterocycles. The molecule has 2 aromatic rings. The Morgan fingerprint density at radius 1 is 1.00 bits per heavy atom. The van der Waals surface area contributed by atoms with Gasteiger partial charge in [0.15, 0.2) is 5.96 Å². The summed E-state index contributed by atoms with van der Waals surface area (Å²) in [5.41, 5.74) is 2.04. The maximum Gasteiger partial charge on any atom is 0.243 e. The zero-order valence-corrected chi connectivity index (χ0v) is 19.1. The molecule has 1 aliphatic rings. The molecule has 0 spiro atoms. The number of guanidine groups is 1. The van der Waals surface area contributed by atoms with Crippen LogP contribution in [0, 0.1) is 0 Å². The molecule has 7 nitrogen and oxygen atoms in total. The third-order valence-corrected chi connectivity index (χ3v) is 7.19. The van der Waals surface area contributed by atoms with Crippen LogP contribution in [0.2, 0.25) is 0 Å². The normalized spacial score (nSPS) is 15.5. The van der Waals surface area contributed by atoms with Gasteiger partial charge < -0.3 is 15.4 Å². The van der Waals surface area contributed by atoms with Crippen molar-refractivity contribution in [3.63, 3.8) is 0 Å². The Kier molecular flexibility index (Phi) is 8.31. The number of aliphatic imine (C=N–C) groups is 1. The van der Waals surface area contributed by atoms with E-state index >= 15 is 0 Å². The number of hydrogen-bond donors (Lipinski definition) is 2. The third-order valence-electron chi connectivity index (χ3n) is 5.28. The van der Waals surface area contributed by atoms with Gasteiger partial charge in [0.1, 0.15) is 5.75 Å². The molecule has 3 rings (SSSR count). The Hall–Kier alpha value is -2.58. The molecule has 1 saturated heterocycles. The summed E-state index contributed by atoms with van der Waals surface area (Å²) in [6.45, 7) is 4.93. The summed E-state index contributed by atoms with van der Waals surface area (Å²) in [6, 6.07) is 15.0. The van der Waals surface area contributed by atoms with Crippen LogP contribution in [-0.2, 0) is 23.1 Å². The van der Waals surface area contributed by atoms with Crippen molar-refractivity contribution >= 4 is 16.0 Å². The first-order chi connectivity index (χ1) is 15.0. The fourth-order valence-corrected chi connectivity index (χ4v) is 5.08. The number of nitrogens with zero attached hydrogens (tertiary/aromatic N) is 2. The van der Waals surface area contributed by atoms with Crippen LogP contribution in [0.4, 0.5) is 0 Å². The maximum atomic E-state index is 12.8. The molecular formula is C23H32N4O3S. The lowest BCUT2D eigenvalue weighted by molar-refractivity contribution is 0.336. The molecule has 0 unspecified atom stereocenters. The highest BCUT2D eigenvalue weighted by molar-refractivity contribution is 7.89. The van der Waals surface area contributed by atoms with Gasteiger partial charge in [0, 0.05) is 38.8 Å². The number of nitrogens with one attached hydrogen (secondary N) is 2. The van der Waals surface area contributed by atoms with Crippen LogP contribution in [-0.4, -0.2) is 45.4 Å². The minimum Gasteiger partial charge on any atom is -0.494 e. The van der Waals surface area contributed by atoms with E-state index in [9.17, 15) is 8.42 Å². The molecule has 1 fully saturated rings. The molecule has 0 radical (unpaired) electrons. The molecule has 2 N–H and O–H groups in total. The summed E-state index contributed by atoms with van der Waals surface area (Å²) < 4.78 is 32.8. The van der Waals surface area contributed by atoms with Crippen LogP contribution in [0.3, 0.4) is 0 Å². The summed E-state index contributed by atoms with van der Waals surface area (Å²) >= 11 is 0. The van der Waals surface area contributed by atoms with Crippen LogP contribution >= 0.6 is 0 Å². The van der Waals surface area contributed by atoms with Crippen molar-refractivity contribution in [1.29, 1.82) is 0 Å². The van der Waals surface area contributed by atoms with E-state index in [1.54, 1.807) is 23.5 Å². The average molecular weight is 445 g/mol. The van der Waals surface area contributed by atoms with Gasteiger partial charge in [0.05, 0.1) is 11.5 Å². The summed E-state index contributed by atoms with van der Waals surface area (Å²) in [5, 5.41) is 6.56. The van der Waals surface area contributed by atoms with Crippen LogP contribution in [0.15, 0.2) is 58.4 Å². The van der Waals surface area contributed by atoms with E-state index in [1.165, 1.54) is 0 Å². The fourth-order valence-electron chi connectivity index (χ4n) is 3.57. The minimum absolute atomic E-state index is 0.355. The molecule has 1 aliphatic heterocycles. The highest BCUT2D eigenvalue weighted by Crippen LogP contribution is 2.21. The van der Waals surface area contributed by atoms with E-state index in [-0.39, 0.29) is 0 Å². The number of rotatable bonds is 8. The lowest BCUT2D eigenvalue weighted by atomic mass is 10.2. The Morgan fingerprint density at radius 3 is 2.35 bits per heavy atom. The van der Waals surface area contributed by atoms with Crippen molar-refractivity contribution < 1.29 is 13.2 Å². The molecular weight excluding hydrogens is 412 g/mol. The second-order valence-corrected chi connectivity index (χ2v) is 9.37. The van der Waals surface area contributed by atoms with Crippen molar-refractivity contribution in [3.8, 4) is 5.75 Å². The molecule has 31 heavy (non-hydrogen) atoms. The number of piperidine rings is 1. The topological polar surface area (TPSA) is 83.0 Å². The van der Waals surface area contributed by atoms with Gasteiger partial charge in [-0.15, -0.1) is 0 Å². The lowest BCUT2D eigenvalue weighted by Gasteiger charge is -2.25. The van der Waals surface area contributed by atoms with Gasteiger partial charge >= 0.3 is 0 Å². The molecule has 0 bridgehead atoms. The van der Waals surface area contributed by atoms with Crippen molar-refractivity contribution in [2.24, 2.45) is 4.99 Å². The maximum absolute atomic E-state index is 12.8. The second-order valence-electron chi connectivity index (χ2n) is 7.43. The molecule has 0 aliphatic carbocycles. The van der Waals surface area contributed by atoms with Gasteiger partial charge in [-0.3, -0.25) is 4.99 Å². The van der Waals surface area contributed by atoms with Crippen molar-refractivity contribution in [3.05, 3.63) is 59.7 Å². The summed E-state index contributed by atoms with van der Waals surface area (Å²) in [7, 11) is -1.68. The van der Waals surface area contributed by atoms with Gasteiger partial charge in [-0.25, -0.2) is 8.42 Å². The molecule has 0 amide bonds. The zero-order valence-electron chi connectivity index (χ0n) is 18.3. The van der Waals surface area contributed by atoms with Crippen LogP contribution in [0.1, 0.15) is 37.3 Å². The summed E-state index contributed by atoms with van der Waals surface area (Å²) in [6.07, 6.45) is 2.97. The molecule has 8 heteroatoms. The van der Waals surface area contributed by atoms with Gasteiger partial charge in [-0.1, -0.05) is 36.8 Å². The SMILES string of the molecule is CCOc1ccccc1CNC(=NC)NCc1ccc(S(=O)(=O)N2CCCCC2)cc1. The summed E-state index contributed by atoms with van der Waals surface area (Å²) in [4.78, 5) is 4.62. The van der Waals surface area contributed by atoms with Crippen molar-refractivity contribution in [1.82, 2.24) is 14.9 Å². The molecule has 0 saturated carbocycles. The Labute approximate surface area is 185 Å². The molecule has 2 aromatic carbocycles. The third kappa shape index (κ3) is 6.21. The van der Waals surface area contributed by atoms with E-state index in [0.29, 0.717) is 43.6 Å². The minimum atomic E-state index is -3.40. The van der Waals surface area contributed by atoms with Gasteiger partial charge in [0.25, 0.3) is 0 Å². The molecule has 168 valence electrons. The van der Waals surface area contributed by atoms with E-state index < -0.39 is 10.0 Å². The van der Waals surface area contributed by atoms with Crippen molar-refractivity contribution in [2.45, 2.75) is 44.2 Å². The van der Waals surface area contributed by atoms with E-state index in [0.717, 1.165) is 36.1 Å². The van der Waals surface area contributed by atoms with E-state index in [1.807, 2.05) is 43.3 Å². The smallest absolute Gasteiger partial charge is 0.243 e. The van der Waals surface area contributed by atoms with Gasteiger partial charge in [0.2, 0.25) is 10.0 Å². The van der Waals surface area contributed by atoms with E-state index in [2.05, 4.69) is 15.6 Å². The predicted molar refractivity (Wildman–Crippen MR) is 124 cm³/mol. The first-order valence-corrected chi connectivity index (χ1v) is 12.2. The highest BCUT2D eigenvalue weighted by atomic mass is 32.2. The molecule has 1 heterocycles. The first kappa shape index (κ1) is 23.1. The standard InChI is InChI=1S/C23H32N4O3S/c1-3-30-22-10-6-5-9-20(22)18-26-23(24-2)25-17-19-11-13-21(14-12-19)31(28,29)27-15-7-4-8-16-27/h5-6,9-14H,3-4,7-8,15-18H2,1-2H3,(H2,24,25,26). The van der Waals surface area contributed by atoms with Crippen LogP contribution in [0.25, 0.3) is 0 Å². The number of para-hydroxylation sites is 1. The zero-order chi connectivity index (χ0) is 22.1. The Balaban J connectivity index is 1.55. The number of hydrogen-bond acceptors (Lipinski definition) is 4. The lowest BCUT2D eigenvalue weighted by Crippen LogP contribution is -2.36. The monoisotopic (exact) mass is 444 g/mol. The fraction of sp³-hybridized carbons (Fsp3) is 0.435. The van der Waals surface area contributed by atoms with Gasteiger partial charge in [-0.2, -0.15) is 4.31 Å². The molecule has 0 atom stereocenters. The summed E-state index contributed by atoms with van der Waals surface area (Å²) in [5.74, 6) is 1.52. The quantitative estimate of drug-likeness (QED) is 0.483. The van der Waals surface area contributed by atoms with E-state index in [4.69, 9.17) is 4.74 Å². The number of benzene rings is 2. The van der Waals surface area contributed by atoms with Crippen LogP contribution < -0.4 is 15.4 Å². The van der Waals surface area contributed by atoms with Crippen molar-refractivity contribution in [2.75, 3.05) is 26.7 Å². The Bertz CT molecular complexity index is 969. The van der Waals surface area contributed by atoms with Gasteiger partial charge in [-0.05, 0) is 43.5 Å². The predicted octanol–water partition coefficient (Wildman–Crippen LogP) is 3.13. The highest BCUT2D eigenvalue weighted by Gasteiger charge is 2.25.